The maximum Gasteiger partial charge on any atom is 0.290 e. The summed E-state index contributed by atoms with van der Waals surface area (Å²) in [5, 5.41) is 10.2. The van der Waals surface area contributed by atoms with Crippen molar-refractivity contribution in [3.8, 4) is 0 Å². The van der Waals surface area contributed by atoms with Gasteiger partial charge in [-0.3, -0.25) is 4.79 Å². The van der Waals surface area contributed by atoms with Crippen LogP contribution in [0.5, 0.6) is 0 Å². The molecule has 0 fully saturated rings. The summed E-state index contributed by atoms with van der Waals surface area (Å²) >= 11 is 0. The Labute approximate surface area is 153 Å². The summed E-state index contributed by atoms with van der Waals surface area (Å²) in [5.41, 5.74) is 3.27. The van der Waals surface area contributed by atoms with Gasteiger partial charge in [-0.2, -0.15) is 0 Å². The highest BCUT2D eigenvalue weighted by atomic mass is 19.1. The van der Waals surface area contributed by atoms with E-state index in [0.29, 0.717) is 5.92 Å². The quantitative estimate of drug-likeness (QED) is 0.494. The van der Waals surface area contributed by atoms with E-state index >= 15 is 0 Å². The topological polar surface area (TPSA) is 49.3 Å². The van der Waals surface area contributed by atoms with Gasteiger partial charge < -0.3 is 10.4 Å². The molecule has 1 rings (SSSR count). The van der Waals surface area contributed by atoms with Crippen molar-refractivity contribution in [2.24, 2.45) is 5.92 Å². The summed E-state index contributed by atoms with van der Waals surface area (Å²) in [6.07, 6.45) is 4.26. The first-order valence-electron chi connectivity index (χ1n) is 8.92. The molecule has 0 saturated heterocycles. The highest BCUT2D eigenvalue weighted by Gasteiger charge is 2.02. The molecule has 2 N–H and O–H groups in total. The van der Waals surface area contributed by atoms with Gasteiger partial charge in [0.15, 0.2) is 0 Å². The van der Waals surface area contributed by atoms with Crippen molar-refractivity contribution in [2.45, 2.75) is 55.4 Å². The fourth-order valence-corrected chi connectivity index (χ4v) is 1.65. The number of carbonyl (C=O) groups is 1. The second-order valence-electron chi connectivity index (χ2n) is 4.78. The summed E-state index contributed by atoms with van der Waals surface area (Å²) in [6.45, 7) is 17.0. The molecule has 0 unspecified atom stereocenters. The van der Waals surface area contributed by atoms with Crippen LogP contribution in [0.15, 0.2) is 42.1 Å². The number of nitrogens with one attached hydrogen (secondary N) is 1. The fraction of sp³-hybridized carbons (Fsp3) is 0.476. The first kappa shape index (κ1) is 27.7. The van der Waals surface area contributed by atoms with Crippen molar-refractivity contribution >= 4 is 12.0 Å². The SMILES string of the molecule is CC.CC.CCNC(/C=C\C(C)C)=C(/C)c1ccc(F)cc1.O=CO. The van der Waals surface area contributed by atoms with Gasteiger partial charge in [-0.15, -0.1) is 0 Å². The first-order valence-corrected chi connectivity index (χ1v) is 8.92. The van der Waals surface area contributed by atoms with Gasteiger partial charge in [0.25, 0.3) is 6.47 Å². The van der Waals surface area contributed by atoms with Crippen LogP contribution >= 0.6 is 0 Å². The van der Waals surface area contributed by atoms with E-state index in [1.165, 1.54) is 12.1 Å². The zero-order valence-electron chi connectivity index (χ0n) is 17.1. The van der Waals surface area contributed by atoms with E-state index in [0.717, 1.165) is 23.4 Å². The van der Waals surface area contributed by atoms with Gasteiger partial charge in [0, 0.05) is 12.2 Å². The average molecular weight is 354 g/mol. The fourth-order valence-electron chi connectivity index (χ4n) is 1.65. The molecule has 0 atom stereocenters. The Morgan fingerprint density at radius 1 is 1.16 bits per heavy atom. The standard InChI is InChI=1S/C16H22FN.2C2H6.CH2O2/c1-5-18-16(11-6-12(2)3)13(4)14-7-9-15(17)10-8-14;2*1-2;2-1-3/h6-12,18H,5H2,1-4H3;2*1-2H3;1H,(H,2,3)/b11-6-,16-13-;;;. The highest BCUT2D eigenvalue weighted by Crippen LogP contribution is 2.18. The Kier molecular flexibility index (Phi) is 22.1. The molecule has 4 heteroatoms. The van der Waals surface area contributed by atoms with Crippen molar-refractivity contribution in [3.05, 3.63) is 53.5 Å². The Morgan fingerprint density at radius 3 is 1.96 bits per heavy atom. The summed E-state index contributed by atoms with van der Waals surface area (Å²) in [4.78, 5) is 8.36. The van der Waals surface area contributed by atoms with Crippen LogP contribution in [0.25, 0.3) is 5.57 Å². The third-order valence-corrected chi connectivity index (χ3v) is 2.70. The number of likely N-dealkylation sites (N-methyl/N-ethyl adjacent to an activating group) is 1. The molecule has 1 aromatic rings. The number of benzene rings is 1. The Balaban J connectivity index is -0.000000605. The molecule has 1 aromatic carbocycles. The highest BCUT2D eigenvalue weighted by molar-refractivity contribution is 5.68. The molecule has 0 aliphatic rings. The van der Waals surface area contributed by atoms with Crippen LogP contribution in [-0.2, 0) is 4.79 Å². The van der Waals surface area contributed by atoms with Gasteiger partial charge in [0.2, 0.25) is 0 Å². The van der Waals surface area contributed by atoms with Crippen LogP contribution < -0.4 is 5.32 Å². The van der Waals surface area contributed by atoms with Gasteiger partial charge >= 0.3 is 0 Å². The number of hydrogen-bond acceptors (Lipinski definition) is 2. The van der Waals surface area contributed by atoms with Crippen LogP contribution in [0.1, 0.15) is 61.0 Å². The van der Waals surface area contributed by atoms with Gasteiger partial charge in [-0.1, -0.05) is 59.8 Å². The number of rotatable bonds is 5. The van der Waals surface area contributed by atoms with E-state index in [9.17, 15) is 4.39 Å². The Bertz CT molecular complexity index is 477. The van der Waals surface area contributed by atoms with Gasteiger partial charge in [-0.25, -0.2) is 4.39 Å². The molecule has 0 aromatic heterocycles. The maximum absolute atomic E-state index is 12.9. The van der Waals surface area contributed by atoms with Gasteiger partial charge in [-0.05, 0) is 49.1 Å². The van der Waals surface area contributed by atoms with Crippen LogP contribution in [-0.4, -0.2) is 18.1 Å². The maximum atomic E-state index is 12.9. The van der Waals surface area contributed by atoms with Crippen molar-refractivity contribution in [1.82, 2.24) is 5.32 Å². The number of hydrogen-bond donors (Lipinski definition) is 2. The molecule has 0 saturated carbocycles. The molecule has 0 spiro atoms. The van der Waals surface area contributed by atoms with E-state index in [-0.39, 0.29) is 12.3 Å². The second kappa shape index (κ2) is 19.9. The van der Waals surface area contributed by atoms with Gasteiger partial charge in [0.05, 0.1) is 0 Å². The normalized spacial score (nSPS) is 10.3. The van der Waals surface area contributed by atoms with Crippen LogP contribution in [0.4, 0.5) is 4.39 Å². The van der Waals surface area contributed by atoms with E-state index in [1.54, 1.807) is 0 Å². The molecule has 0 aliphatic heterocycles. The van der Waals surface area contributed by atoms with Crippen molar-refractivity contribution < 1.29 is 14.3 Å². The smallest absolute Gasteiger partial charge is 0.290 e. The molecule has 25 heavy (non-hydrogen) atoms. The molecule has 0 heterocycles. The molecule has 0 aliphatic carbocycles. The Hall–Kier alpha value is -2.10. The zero-order chi connectivity index (χ0) is 20.3. The summed E-state index contributed by atoms with van der Waals surface area (Å²) in [7, 11) is 0. The summed E-state index contributed by atoms with van der Waals surface area (Å²) in [5.74, 6) is 0.314. The number of halogens is 1. The van der Waals surface area contributed by atoms with E-state index in [1.807, 2.05) is 39.8 Å². The zero-order valence-corrected chi connectivity index (χ0v) is 17.1. The third-order valence-electron chi connectivity index (χ3n) is 2.70. The van der Waals surface area contributed by atoms with Gasteiger partial charge in [0.1, 0.15) is 5.82 Å². The molecule has 144 valence electrons. The lowest BCUT2D eigenvalue weighted by molar-refractivity contribution is -0.122. The van der Waals surface area contributed by atoms with Crippen LogP contribution in [0.2, 0.25) is 0 Å². The minimum absolute atomic E-state index is 0.200. The minimum Gasteiger partial charge on any atom is -0.483 e. The molecule has 0 amide bonds. The van der Waals surface area contributed by atoms with E-state index < -0.39 is 0 Å². The average Bonchev–Trinajstić information content (AvgIpc) is 2.62. The van der Waals surface area contributed by atoms with E-state index in [4.69, 9.17) is 9.90 Å². The second-order valence-corrected chi connectivity index (χ2v) is 4.78. The largest absolute Gasteiger partial charge is 0.483 e. The summed E-state index contributed by atoms with van der Waals surface area (Å²) < 4.78 is 12.9. The number of allylic oxidation sites excluding steroid dienone is 3. The lowest BCUT2D eigenvalue weighted by Crippen LogP contribution is -2.12. The van der Waals surface area contributed by atoms with Crippen LogP contribution in [0.3, 0.4) is 0 Å². The third kappa shape index (κ3) is 15.2. The minimum atomic E-state index is -0.250. The number of carboxylic acid groups (broad SMARTS) is 1. The summed E-state index contributed by atoms with van der Waals surface area (Å²) in [6, 6.07) is 6.61. The Morgan fingerprint density at radius 2 is 1.60 bits per heavy atom. The van der Waals surface area contributed by atoms with Crippen molar-refractivity contribution in [3.63, 3.8) is 0 Å². The lowest BCUT2D eigenvalue weighted by atomic mass is 10.0. The predicted molar refractivity (Wildman–Crippen MR) is 108 cm³/mol. The molecule has 0 bridgehead atoms. The van der Waals surface area contributed by atoms with E-state index in [2.05, 4.69) is 45.2 Å². The molecular weight excluding hydrogens is 317 g/mol. The first-order chi connectivity index (χ1) is 12.0. The molecular formula is C21H36FNO2. The predicted octanol–water partition coefficient (Wildman–Crippen LogP) is 6.13. The monoisotopic (exact) mass is 353 g/mol. The molecule has 3 nitrogen and oxygen atoms in total. The molecule has 0 radical (unpaired) electrons. The van der Waals surface area contributed by atoms with Crippen LogP contribution in [0, 0.1) is 11.7 Å². The van der Waals surface area contributed by atoms with Crippen molar-refractivity contribution in [2.75, 3.05) is 6.54 Å². The van der Waals surface area contributed by atoms with Crippen molar-refractivity contribution in [1.29, 1.82) is 0 Å². The lowest BCUT2D eigenvalue weighted by Gasteiger charge is -2.11.